The van der Waals surface area contributed by atoms with Crippen LogP contribution in [0.25, 0.3) is 0 Å². The van der Waals surface area contributed by atoms with Crippen molar-refractivity contribution in [3.63, 3.8) is 0 Å². The van der Waals surface area contributed by atoms with Gasteiger partial charge in [-0.3, -0.25) is 0 Å². The number of thioether (sulfide) groups is 1. The average molecular weight is 302 g/mol. The summed E-state index contributed by atoms with van der Waals surface area (Å²) in [5, 5.41) is 10.3. The van der Waals surface area contributed by atoms with Gasteiger partial charge in [0.1, 0.15) is 0 Å². The highest BCUT2D eigenvalue weighted by Crippen LogP contribution is 2.27. The minimum absolute atomic E-state index is 0.354. The van der Waals surface area contributed by atoms with Crippen molar-refractivity contribution in [2.75, 3.05) is 12.3 Å². The van der Waals surface area contributed by atoms with Gasteiger partial charge in [0.2, 0.25) is 10.1 Å². The number of hydrogen-bond acceptors (Lipinski definition) is 9. The second-order valence-electron chi connectivity index (χ2n) is 3.06. The monoisotopic (exact) mass is 302 g/mol. The maximum Gasteiger partial charge on any atom is 0.367 e. The number of nitrogens with two attached hydrogens (primary N) is 1. The summed E-state index contributed by atoms with van der Waals surface area (Å²) in [4.78, 5) is 15.6. The van der Waals surface area contributed by atoms with E-state index in [-0.39, 0.29) is 5.97 Å². The van der Waals surface area contributed by atoms with Crippen LogP contribution < -0.4 is 5.73 Å². The molecule has 0 radical (unpaired) electrons. The first-order valence-corrected chi connectivity index (χ1v) is 7.70. The lowest BCUT2D eigenvalue weighted by Crippen LogP contribution is -2.03. The van der Waals surface area contributed by atoms with E-state index in [4.69, 9.17) is 10.5 Å². The summed E-state index contributed by atoms with van der Waals surface area (Å²) in [7, 11) is 0. The Labute approximate surface area is 116 Å². The molecule has 0 saturated heterocycles. The molecule has 2 rings (SSSR count). The summed E-state index contributed by atoms with van der Waals surface area (Å²) in [6.45, 7) is 2.12. The Morgan fingerprint density at radius 3 is 3.06 bits per heavy atom. The molecule has 0 bridgehead atoms. The zero-order chi connectivity index (χ0) is 13.0. The van der Waals surface area contributed by atoms with Crippen LogP contribution in [0.3, 0.4) is 0 Å². The Hall–Kier alpha value is -1.19. The van der Waals surface area contributed by atoms with E-state index in [1.165, 1.54) is 34.4 Å². The molecule has 0 aliphatic carbocycles. The van der Waals surface area contributed by atoms with Crippen molar-refractivity contribution in [3.05, 3.63) is 16.1 Å². The van der Waals surface area contributed by atoms with E-state index in [1.54, 1.807) is 6.92 Å². The third-order valence-corrected chi connectivity index (χ3v) is 4.56. The summed E-state index contributed by atoms with van der Waals surface area (Å²) in [5.41, 5.74) is 6.30. The van der Waals surface area contributed by atoms with Crippen LogP contribution in [0.15, 0.2) is 9.72 Å². The largest absolute Gasteiger partial charge is 0.461 e. The zero-order valence-electron chi connectivity index (χ0n) is 9.45. The number of thiazole rings is 1. The summed E-state index contributed by atoms with van der Waals surface area (Å²) < 4.78 is 5.66. The van der Waals surface area contributed by atoms with Gasteiger partial charge in [-0.2, -0.15) is 0 Å². The molecule has 96 valence electrons. The van der Waals surface area contributed by atoms with Gasteiger partial charge in [0.05, 0.1) is 12.3 Å². The zero-order valence-corrected chi connectivity index (χ0v) is 11.9. The molecule has 2 aromatic rings. The quantitative estimate of drug-likeness (QED) is 0.667. The molecular formula is C9H10N4O2S3. The Kier molecular flexibility index (Phi) is 4.50. The highest BCUT2D eigenvalue weighted by molar-refractivity contribution is 8.00. The number of hydrogen-bond donors (Lipinski definition) is 1. The normalized spacial score (nSPS) is 10.5. The Morgan fingerprint density at radius 1 is 1.56 bits per heavy atom. The number of rotatable bonds is 5. The molecule has 2 heterocycles. The van der Waals surface area contributed by atoms with E-state index in [2.05, 4.69) is 15.2 Å². The first-order valence-electron chi connectivity index (χ1n) is 5.02. The highest BCUT2D eigenvalue weighted by atomic mass is 32.2. The minimum atomic E-state index is -0.376. The second-order valence-corrected chi connectivity index (χ2v) is 6.15. The van der Waals surface area contributed by atoms with Crippen molar-refractivity contribution in [1.29, 1.82) is 0 Å². The first-order chi connectivity index (χ1) is 8.69. The molecule has 0 fully saturated rings. The Bertz CT molecular complexity index is 539. The van der Waals surface area contributed by atoms with Crippen molar-refractivity contribution in [2.45, 2.75) is 17.0 Å². The SMILES string of the molecule is CCOC(=O)c1nc(CSc2nnc(N)s2)cs1. The molecule has 2 aromatic heterocycles. The maximum atomic E-state index is 11.4. The van der Waals surface area contributed by atoms with Crippen LogP contribution in [0.4, 0.5) is 5.13 Å². The fourth-order valence-corrected chi connectivity index (χ4v) is 3.42. The smallest absolute Gasteiger partial charge is 0.367 e. The van der Waals surface area contributed by atoms with Gasteiger partial charge in [0, 0.05) is 11.1 Å². The van der Waals surface area contributed by atoms with Crippen LogP contribution in [0, 0.1) is 0 Å². The fraction of sp³-hybridized carbons (Fsp3) is 0.333. The van der Waals surface area contributed by atoms with Crippen molar-refractivity contribution in [2.24, 2.45) is 0 Å². The molecule has 0 atom stereocenters. The molecule has 0 aliphatic heterocycles. The first kappa shape index (κ1) is 13.2. The van der Waals surface area contributed by atoms with Crippen molar-refractivity contribution < 1.29 is 9.53 Å². The second kappa shape index (κ2) is 6.12. The van der Waals surface area contributed by atoms with Crippen LogP contribution in [-0.2, 0) is 10.5 Å². The topological polar surface area (TPSA) is 91.0 Å². The molecule has 0 unspecified atom stereocenters. The van der Waals surface area contributed by atoms with Gasteiger partial charge in [0.15, 0.2) is 4.34 Å². The molecular weight excluding hydrogens is 292 g/mol. The van der Waals surface area contributed by atoms with Gasteiger partial charge >= 0.3 is 5.97 Å². The van der Waals surface area contributed by atoms with E-state index in [1.807, 2.05) is 5.38 Å². The summed E-state index contributed by atoms with van der Waals surface area (Å²) in [5.74, 6) is 0.253. The standard InChI is InChI=1S/C9H10N4O2S3/c1-2-15-7(14)6-11-5(3-16-6)4-17-9-13-12-8(10)18-9/h3H,2,4H2,1H3,(H2,10,12). The number of nitrogens with zero attached hydrogens (tertiary/aromatic N) is 3. The van der Waals surface area contributed by atoms with Crippen molar-refractivity contribution >= 4 is 45.5 Å². The van der Waals surface area contributed by atoms with Crippen molar-refractivity contribution in [3.8, 4) is 0 Å². The predicted octanol–water partition coefficient (Wildman–Crippen LogP) is 2.05. The van der Waals surface area contributed by atoms with Gasteiger partial charge in [-0.15, -0.1) is 21.5 Å². The van der Waals surface area contributed by atoms with Gasteiger partial charge in [-0.25, -0.2) is 9.78 Å². The summed E-state index contributed by atoms with van der Waals surface area (Å²) >= 11 is 4.10. The van der Waals surface area contributed by atoms with E-state index < -0.39 is 0 Å². The van der Waals surface area contributed by atoms with E-state index in [9.17, 15) is 4.79 Å². The summed E-state index contributed by atoms with van der Waals surface area (Å²) in [6, 6.07) is 0. The molecule has 18 heavy (non-hydrogen) atoms. The number of aromatic nitrogens is 3. The molecule has 0 aliphatic rings. The Morgan fingerprint density at radius 2 is 2.39 bits per heavy atom. The van der Waals surface area contributed by atoms with Gasteiger partial charge in [-0.05, 0) is 6.92 Å². The minimum Gasteiger partial charge on any atom is -0.461 e. The number of ether oxygens (including phenoxy) is 1. The van der Waals surface area contributed by atoms with E-state index in [0.717, 1.165) is 10.0 Å². The maximum absolute atomic E-state index is 11.4. The molecule has 0 saturated carbocycles. The van der Waals surface area contributed by atoms with Crippen LogP contribution >= 0.6 is 34.4 Å². The molecule has 6 nitrogen and oxygen atoms in total. The molecule has 9 heteroatoms. The molecule has 0 spiro atoms. The van der Waals surface area contributed by atoms with E-state index >= 15 is 0 Å². The number of anilines is 1. The number of nitrogen functional groups attached to an aromatic ring is 1. The lowest BCUT2D eigenvalue weighted by molar-refractivity contribution is 0.0525. The van der Waals surface area contributed by atoms with Gasteiger partial charge < -0.3 is 10.5 Å². The molecule has 0 aromatic carbocycles. The molecule has 2 N–H and O–H groups in total. The Balaban J connectivity index is 1.92. The van der Waals surface area contributed by atoms with Crippen LogP contribution in [-0.4, -0.2) is 27.8 Å². The van der Waals surface area contributed by atoms with Gasteiger partial charge in [0.25, 0.3) is 0 Å². The predicted molar refractivity (Wildman–Crippen MR) is 72.0 cm³/mol. The third-order valence-electron chi connectivity index (χ3n) is 1.77. The van der Waals surface area contributed by atoms with E-state index in [0.29, 0.717) is 22.5 Å². The van der Waals surface area contributed by atoms with Crippen LogP contribution in [0.5, 0.6) is 0 Å². The third kappa shape index (κ3) is 3.40. The van der Waals surface area contributed by atoms with Crippen LogP contribution in [0.2, 0.25) is 0 Å². The molecule has 0 amide bonds. The number of carbonyl (C=O) groups is 1. The lowest BCUT2D eigenvalue weighted by atomic mass is 10.6. The number of carbonyl (C=O) groups excluding carboxylic acids is 1. The highest BCUT2D eigenvalue weighted by Gasteiger charge is 2.12. The summed E-state index contributed by atoms with van der Waals surface area (Å²) in [6.07, 6.45) is 0. The number of esters is 1. The fourth-order valence-electron chi connectivity index (χ4n) is 1.07. The lowest BCUT2D eigenvalue weighted by Gasteiger charge is -1.96. The van der Waals surface area contributed by atoms with Gasteiger partial charge in [-0.1, -0.05) is 23.1 Å². The average Bonchev–Trinajstić information content (AvgIpc) is 2.95. The van der Waals surface area contributed by atoms with Crippen molar-refractivity contribution in [1.82, 2.24) is 15.2 Å². The van der Waals surface area contributed by atoms with Crippen LogP contribution in [0.1, 0.15) is 22.4 Å².